The number of rotatable bonds is 11. The molecule has 0 unspecified atom stereocenters. The summed E-state index contributed by atoms with van der Waals surface area (Å²) >= 11 is 0. The molecule has 0 aromatic heterocycles. The van der Waals surface area contributed by atoms with E-state index in [1.54, 1.807) is 7.11 Å². The van der Waals surface area contributed by atoms with Gasteiger partial charge in [0, 0.05) is 12.2 Å². The van der Waals surface area contributed by atoms with Crippen LogP contribution in [0.3, 0.4) is 0 Å². The van der Waals surface area contributed by atoms with Crippen LogP contribution < -0.4 is 10.1 Å². The number of hydrogen-bond donors (Lipinski definition) is 1. The van der Waals surface area contributed by atoms with Crippen molar-refractivity contribution in [3.8, 4) is 5.75 Å². The number of anilines is 1. The van der Waals surface area contributed by atoms with Crippen LogP contribution in [0, 0.1) is 0 Å². The Morgan fingerprint density at radius 3 is 2.04 bits per heavy atom. The van der Waals surface area contributed by atoms with Crippen LogP contribution in [0.1, 0.15) is 56.6 Å². The second-order valence-electron chi connectivity index (χ2n) is 6.42. The molecular weight excluding hydrogens is 294 g/mol. The zero-order valence-corrected chi connectivity index (χ0v) is 15.2. The molecule has 2 rings (SSSR count). The zero-order chi connectivity index (χ0) is 17.0. The van der Waals surface area contributed by atoms with Gasteiger partial charge in [-0.25, -0.2) is 0 Å². The molecule has 0 amide bonds. The standard InChI is InChI=1S/C22H31NO/c1-3-4-5-6-7-8-9-19-10-14-21(15-11-19)23-18-20-12-16-22(24-2)17-13-20/h10-17,23H,3-9,18H2,1-2H3. The third-order valence-electron chi connectivity index (χ3n) is 4.43. The fourth-order valence-electron chi connectivity index (χ4n) is 2.85. The van der Waals surface area contributed by atoms with Gasteiger partial charge in [0.25, 0.3) is 0 Å². The zero-order valence-electron chi connectivity index (χ0n) is 15.2. The summed E-state index contributed by atoms with van der Waals surface area (Å²) in [7, 11) is 1.69. The first-order valence-electron chi connectivity index (χ1n) is 9.27. The summed E-state index contributed by atoms with van der Waals surface area (Å²) in [5.41, 5.74) is 3.88. The van der Waals surface area contributed by atoms with E-state index in [4.69, 9.17) is 4.74 Å². The van der Waals surface area contributed by atoms with Crippen molar-refractivity contribution in [1.82, 2.24) is 0 Å². The molecule has 0 aliphatic rings. The molecule has 0 bridgehead atoms. The van der Waals surface area contributed by atoms with Gasteiger partial charge in [0.15, 0.2) is 0 Å². The Labute approximate surface area is 147 Å². The molecule has 0 atom stereocenters. The minimum absolute atomic E-state index is 0.834. The molecular formula is C22H31NO. The lowest BCUT2D eigenvalue weighted by Gasteiger charge is -2.08. The van der Waals surface area contributed by atoms with Crippen LogP contribution in [0.15, 0.2) is 48.5 Å². The Morgan fingerprint density at radius 1 is 0.750 bits per heavy atom. The maximum atomic E-state index is 5.18. The third-order valence-corrected chi connectivity index (χ3v) is 4.43. The van der Waals surface area contributed by atoms with Gasteiger partial charge < -0.3 is 10.1 Å². The molecule has 2 nitrogen and oxygen atoms in total. The molecule has 0 heterocycles. The highest BCUT2D eigenvalue weighted by atomic mass is 16.5. The van der Waals surface area contributed by atoms with Crippen molar-refractivity contribution in [2.24, 2.45) is 0 Å². The van der Waals surface area contributed by atoms with Crippen molar-refractivity contribution in [3.63, 3.8) is 0 Å². The van der Waals surface area contributed by atoms with Crippen LogP contribution in [0.5, 0.6) is 5.75 Å². The highest BCUT2D eigenvalue weighted by Crippen LogP contribution is 2.16. The normalized spacial score (nSPS) is 10.6. The van der Waals surface area contributed by atoms with E-state index in [9.17, 15) is 0 Å². The van der Waals surface area contributed by atoms with Gasteiger partial charge in [-0.15, -0.1) is 0 Å². The number of hydrogen-bond acceptors (Lipinski definition) is 2. The monoisotopic (exact) mass is 325 g/mol. The largest absolute Gasteiger partial charge is 0.497 e. The van der Waals surface area contributed by atoms with E-state index < -0.39 is 0 Å². The highest BCUT2D eigenvalue weighted by Gasteiger charge is 1.98. The van der Waals surface area contributed by atoms with Crippen molar-refractivity contribution in [1.29, 1.82) is 0 Å². The number of unbranched alkanes of at least 4 members (excludes halogenated alkanes) is 5. The predicted molar refractivity (Wildman–Crippen MR) is 104 cm³/mol. The van der Waals surface area contributed by atoms with Gasteiger partial charge >= 0.3 is 0 Å². The van der Waals surface area contributed by atoms with Crippen LogP contribution in [-0.4, -0.2) is 7.11 Å². The van der Waals surface area contributed by atoms with Gasteiger partial charge in [0.1, 0.15) is 5.75 Å². The molecule has 2 aromatic rings. The Balaban J connectivity index is 1.69. The topological polar surface area (TPSA) is 21.3 Å². The number of nitrogens with one attached hydrogen (secondary N) is 1. The summed E-state index contributed by atoms with van der Waals surface area (Å²) in [6.45, 7) is 3.10. The molecule has 0 radical (unpaired) electrons. The second-order valence-corrected chi connectivity index (χ2v) is 6.42. The Hall–Kier alpha value is -1.96. The van der Waals surface area contributed by atoms with E-state index in [0.29, 0.717) is 0 Å². The molecule has 0 saturated carbocycles. The van der Waals surface area contributed by atoms with Crippen molar-refractivity contribution in [3.05, 3.63) is 59.7 Å². The van der Waals surface area contributed by atoms with Crippen molar-refractivity contribution >= 4 is 5.69 Å². The molecule has 0 spiro atoms. The molecule has 0 fully saturated rings. The van der Waals surface area contributed by atoms with E-state index in [1.807, 2.05) is 12.1 Å². The summed E-state index contributed by atoms with van der Waals surface area (Å²) in [6.07, 6.45) is 9.35. The maximum absolute atomic E-state index is 5.18. The quantitative estimate of drug-likeness (QED) is 0.496. The average Bonchev–Trinajstić information content (AvgIpc) is 2.64. The predicted octanol–water partition coefficient (Wildman–Crippen LogP) is 6.21. The van der Waals surface area contributed by atoms with Crippen molar-refractivity contribution < 1.29 is 4.74 Å². The van der Waals surface area contributed by atoms with E-state index in [1.165, 1.54) is 61.8 Å². The van der Waals surface area contributed by atoms with Crippen LogP contribution in [-0.2, 0) is 13.0 Å². The molecule has 2 aromatic carbocycles. The van der Waals surface area contributed by atoms with E-state index >= 15 is 0 Å². The first kappa shape index (κ1) is 18.4. The number of ether oxygens (including phenoxy) is 1. The molecule has 24 heavy (non-hydrogen) atoms. The smallest absolute Gasteiger partial charge is 0.118 e. The summed E-state index contributed by atoms with van der Waals surface area (Å²) in [5.74, 6) is 0.901. The molecule has 2 heteroatoms. The maximum Gasteiger partial charge on any atom is 0.118 e. The molecule has 0 aliphatic carbocycles. The average molecular weight is 325 g/mol. The Bertz CT molecular complexity index is 560. The minimum Gasteiger partial charge on any atom is -0.497 e. The summed E-state index contributed by atoms with van der Waals surface area (Å²) < 4.78 is 5.18. The van der Waals surface area contributed by atoms with Crippen LogP contribution in [0.25, 0.3) is 0 Å². The van der Waals surface area contributed by atoms with Gasteiger partial charge in [0.2, 0.25) is 0 Å². The fraction of sp³-hybridized carbons (Fsp3) is 0.455. The molecule has 0 aliphatic heterocycles. The Kier molecular flexibility index (Phi) is 8.23. The van der Waals surface area contributed by atoms with Gasteiger partial charge in [0.05, 0.1) is 7.11 Å². The number of aryl methyl sites for hydroxylation is 1. The lowest BCUT2D eigenvalue weighted by Crippen LogP contribution is -1.99. The third kappa shape index (κ3) is 6.66. The van der Waals surface area contributed by atoms with Crippen LogP contribution in [0.4, 0.5) is 5.69 Å². The lowest BCUT2D eigenvalue weighted by atomic mass is 10.0. The lowest BCUT2D eigenvalue weighted by molar-refractivity contribution is 0.414. The van der Waals surface area contributed by atoms with E-state index in [2.05, 4.69) is 48.6 Å². The number of benzene rings is 2. The van der Waals surface area contributed by atoms with Gasteiger partial charge in [-0.05, 0) is 48.2 Å². The Morgan fingerprint density at radius 2 is 1.38 bits per heavy atom. The van der Waals surface area contributed by atoms with Crippen LogP contribution >= 0.6 is 0 Å². The first-order valence-corrected chi connectivity index (χ1v) is 9.27. The van der Waals surface area contributed by atoms with Crippen molar-refractivity contribution in [2.45, 2.75) is 58.4 Å². The van der Waals surface area contributed by atoms with Gasteiger partial charge in [-0.1, -0.05) is 63.3 Å². The minimum atomic E-state index is 0.834. The highest BCUT2D eigenvalue weighted by molar-refractivity contribution is 5.45. The fourth-order valence-corrected chi connectivity index (χ4v) is 2.85. The van der Waals surface area contributed by atoms with Gasteiger partial charge in [-0.2, -0.15) is 0 Å². The van der Waals surface area contributed by atoms with Gasteiger partial charge in [-0.3, -0.25) is 0 Å². The first-order chi connectivity index (χ1) is 11.8. The van der Waals surface area contributed by atoms with E-state index in [0.717, 1.165) is 12.3 Å². The molecule has 130 valence electrons. The SMILES string of the molecule is CCCCCCCCc1ccc(NCc2ccc(OC)cc2)cc1. The summed E-state index contributed by atoms with van der Waals surface area (Å²) in [6, 6.07) is 17.1. The summed E-state index contributed by atoms with van der Waals surface area (Å²) in [4.78, 5) is 0. The van der Waals surface area contributed by atoms with Crippen LogP contribution in [0.2, 0.25) is 0 Å². The molecule has 1 N–H and O–H groups in total. The summed E-state index contributed by atoms with van der Waals surface area (Å²) in [5, 5.41) is 3.48. The van der Waals surface area contributed by atoms with Crippen molar-refractivity contribution in [2.75, 3.05) is 12.4 Å². The molecule has 0 saturated heterocycles. The number of methoxy groups -OCH3 is 1. The van der Waals surface area contributed by atoms with E-state index in [-0.39, 0.29) is 0 Å². The second kappa shape index (κ2) is 10.7.